The normalized spacial score (nSPS) is 14.2. The van der Waals surface area contributed by atoms with Crippen molar-refractivity contribution in [3.63, 3.8) is 0 Å². The number of amides is 1. The van der Waals surface area contributed by atoms with Crippen molar-refractivity contribution in [1.82, 2.24) is 15.1 Å². The summed E-state index contributed by atoms with van der Waals surface area (Å²) in [6.07, 6.45) is -0.881. The number of nitrogens with one attached hydrogen (secondary N) is 1. The second-order valence-electron chi connectivity index (χ2n) is 7.18. The van der Waals surface area contributed by atoms with E-state index < -0.39 is 12.2 Å². The van der Waals surface area contributed by atoms with Gasteiger partial charge in [-0.1, -0.05) is 19.0 Å². The Morgan fingerprint density at radius 1 is 1.10 bits per heavy atom. The predicted molar refractivity (Wildman–Crippen MR) is 102 cm³/mol. The van der Waals surface area contributed by atoms with E-state index in [2.05, 4.69) is 29.9 Å². The number of ether oxygens (including phenoxy) is 2. The van der Waals surface area contributed by atoms with E-state index in [9.17, 15) is 13.6 Å². The van der Waals surface area contributed by atoms with Crippen LogP contribution in [-0.2, 0) is 0 Å². The number of carbonyl (C=O) groups excluding carboxylic acids is 1. The van der Waals surface area contributed by atoms with Gasteiger partial charge in [-0.3, -0.25) is 9.78 Å². The average Bonchev–Trinajstić information content (AvgIpc) is 3.19. The molecule has 0 saturated heterocycles. The first-order valence-corrected chi connectivity index (χ1v) is 9.15. The van der Waals surface area contributed by atoms with Crippen LogP contribution < -0.4 is 14.8 Å². The molecule has 0 radical (unpaired) electrons. The zero-order valence-corrected chi connectivity index (χ0v) is 16.6. The minimum absolute atomic E-state index is 0.0121. The van der Waals surface area contributed by atoms with E-state index in [1.165, 1.54) is 24.5 Å². The summed E-state index contributed by atoms with van der Waals surface area (Å²) >= 11 is 0. The summed E-state index contributed by atoms with van der Waals surface area (Å²) in [6.45, 7) is 7.21. The van der Waals surface area contributed by atoms with Crippen LogP contribution in [0.15, 0.2) is 29.0 Å². The van der Waals surface area contributed by atoms with Gasteiger partial charge in [-0.05, 0) is 37.5 Å². The fourth-order valence-corrected chi connectivity index (χ4v) is 3.14. The molecule has 0 unspecified atom stereocenters. The van der Waals surface area contributed by atoms with E-state index in [0.29, 0.717) is 33.8 Å². The molecule has 8 nitrogen and oxygen atoms in total. The van der Waals surface area contributed by atoms with Gasteiger partial charge in [-0.2, -0.15) is 0 Å². The first-order valence-electron chi connectivity index (χ1n) is 9.15. The quantitative estimate of drug-likeness (QED) is 0.671. The molecular weight excluding hydrogens is 398 g/mol. The molecule has 1 amide bonds. The standard InChI is InChI=1S/C20H18F2N4O4/c1-9(2)18-17(11(4)30-26-18)19(27)25-16-8-23-13(7-24-16)12-6-15-14(5-10(12)3)28-20(21,22)29-15/h5-9H,1-4H3,(H,24,25,27). The van der Waals surface area contributed by atoms with Crippen LogP contribution in [0.25, 0.3) is 11.3 Å². The van der Waals surface area contributed by atoms with Gasteiger partial charge in [0.2, 0.25) is 0 Å². The van der Waals surface area contributed by atoms with Crippen LogP contribution in [0, 0.1) is 13.8 Å². The molecule has 0 aliphatic carbocycles. The predicted octanol–water partition coefficient (Wildman–Crippen LogP) is 4.45. The van der Waals surface area contributed by atoms with Crippen LogP contribution in [0.5, 0.6) is 11.5 Å². The minimum Gasteiger partial charge on any atom is -0.395 e. The van der Waals surface area contributed by atoms with Crippen molar-refractivity contribution in [2.24, 2.45) is 0 Å². The van der Waals surface area contributed by atoms with Crippen LogP contribution in [0.3, 0.4) is 0 Å². The molecule has 0 atom stereocenters. The summed E-state index contributed by atoms with van der Waals surface area (Å²) in [6, 6.07) is 2.87. The maximum absolute atomic E-state index is 13.3. The summed E-state index contributed by atoms with van der Waals surface area (Å²) in [5.74, 6) is 0.128. The van der Waals surface area contributed by atoms with E-state index in [1.807, 2.05) is 13.8 Å². The van der Waals surface area contributed by atoms with Gasteiger partial charge in [0.05, 0.1) is 23.8 Å². The monoisotopic (exact) mass is 416 g/mol. The highest BCUT2D eigenvalue weighted by molar-refractivity contribution is 6.05. The number of aryl methyl sites for hydroxylation is 2. The number of nitrogens with zero attached hydrogens (tertiary/aromatic N) is 3. The highest BCUT2D eigenvalue weighted by Gasteiger charge is 2.43. The zero-order chi connectivity index (χ0) is 21.6. The van der Waals surface area contributed by atoms with Crippen LogP contribution in [0.4, 0.5) is 14.6 Å². The second-order valence-corrected chi connectivity index (χ2v) is 7.18. The van der Waals surface area contributed by atoms with Crippen molar-refractivity contribution < 1.29 is 27.6 Å². The first-order chi connectivity index (χ1) is 14.1. The number of carbonyl (C=O) groups is 1. The molecule has 1 aliphatic rings. The molecule has 0 bridgehead atoms. The van der Waals surface area contributed by atoms with E-state index >= 15 is 0 Å². The van der Waals surface area contributed by atoms with Gasteiger partial charge in [0, 0.05) is 5.56 Å². The molecule has 1 aliphatic heterocycles. The smallest absolute Gasteiger partial charge is 0.395 e. The largest absolute Gasteiger partial charge is 0.586 e. The summed E-state index contributed by atoms with van der Waals surface area (Å²) in [4.78, 5) is 21.1. The molecule has 10 heteroatoms. The Labute approximate surface area is 170 Å². The number of fused-ring (bicyclic) bond motifs is 1. The first kappa shape index (κ1) is 19.7. The van der Waals surface area contributed by atoms with Gasteiger partial charge in [0.1, 0.15) is 11.3 Å². The van der Waals surface area contributed by atoms with E-state index in [0.717, 1.165) is 0 Å². The Bertz CT molecular complexity index is 1130. The Morgan fingerprint density at radius 2 is 1.80 bits per heavy atom. The van der Waals surface area contributed by atoms with Gasteiger partial charge < -0.3 is 19.3 Å². The molecule has 156 valence electrons. The zero-order valence-electron chi connectivity index (χ0n) is 16.6. The number of hydrogen-bond acceptors (Lipinski definition) is 7. The number of aromatic nitrogens is 3. The Kier molecular flexibility index (Phi) is 4.64. The molecule has 30 heavy (non-hydrogen) atoms. The van der Waals surface area contributed by atoms with Crippen molar-refractivity contribution >= 4 is 11.7 Å². The van der Waals surface area contributed by atoms with Crippen molar-refractivity contribution in [1.29, 1.82) is 0 Å². The molecule has 1 N–H and O–H groups in total. The lowest BCUT2D eigenvalue weighted by molar-refractivity contribution is -0.286. The van der Waals surface area contributed by atoms with Crippen LogP contribution in [0.1, 0.15) is 47.1 Å². The molecule has 3 heterocycles. The number of alkyl halides is 2. The van der Waals surface area contributed by atoms with Crippen LogP contribution in [0.2, 0.25) is 0 Å². The lowest BCUT2D eigenvalue weighted by Gasteiger charge is -2.09. The van der Waals surface area contributed by atoms with Gasteiger partial charge in [-0.25, -0.2) is 4.98 Å². The summed E-state index contributed by atoms with van der Waals surface area (Å²) in [5, 5.41) is 6.60. The maximum Gasteiger partial charge on any atom is 0.586 e. The highest BCUT2D eigenvalue weighted by Crippen LogP contribution is 2.44. The van der Waals surface area contributed by atoms with Gasteiger partial charge >= 0.3 is 6.29 Å². The topological polar surface area (TPSA) is 99.4 Å². The summed E-state index contributed by atoms with van der Waals surface area (Å²) in [7, 11) is 0. The lowest BCUT2D eigenvalue weighted by atomic mass is 10.0. The Balaban J connectivity index is 1.56. The molecule has 3 aromatic rings. The summed E-state index contributed by atoms with van der Waals surface area (Å²) < 4.78 is 40.6. The molecule has 1 aromatic carbocycles. The van der Waals surface area contributed by atoms with Gasteiger partial charge in [-0.15, -0.1) is 8.78 Å². The lowest BCUT2D eigenvalue weighted by Crippen LogP contribution is -2.25. The van der Waals surface area contributed by atoms with Crippen LogP contribution >= 0.6 is 0 Å². The molecule has 4 rings (SSSR count). The molecule has 0 fully saturated rings. The highest BCUT2D eigenvalue weighted by atomic mass is 19.3. The molecular formula is C20H18F2N4O4. The second kappa shape index (κ2) is 7.05. The Hall–Kier alpha value is -3.56. The average molecular weight is 416 g/mol. The third-order valence-corrected chi connectivity index (χ3v) is 4.58. The third-order valence-electron chi connectivity index (χ3n) is 4.58. The molecule has 2 aromatic heterocycles. The Morgan fingerprint density at radius 3 is 2.43 bits per heavy atom. The van der Waals surface area contributed by atoms with Crippen molar-refractivity contribution in [3.05, 3.63) is 47.1 Å². The van der Waals surface area contributed by atoms with Crippen molar-refractivity contribution in [2.75, 3.05) is 5.32 Å². The molecule has 0 spiro atoms. The fourth-order valence-electron chi connectivity index (χ4n) is 3.14. The SMILES string of the molecule is Cc1cc2c(cc1-c1cnc(NC(=O)c3c(C(C)C)noc3C)cn1)OC(F)(F)O2. The van der Waals surface area contributed by atoms with Crippen molar-refractivity contribution in [2.45, 2.75) is 39.9 Å². The number of rotatable bonds is 4. The minimum atomic E-state index is -3.69. The number of anilines is 1. The number of benzene rings is 1. The van der Waals surface area contributed by atoms with Crippen LogP contribution in [-0.4, -0.2) is 27.3 Å². The van der Waals surface area contributed by atoms with Gasteiger partial charge in [0.25, 0.3) is 5.91 Å². The van der Waals surface area contributed by atoms with E-state index in [1.54, 1.807) is 13.8 Å². The maximum atomic E-state index is 13.3. The third kappa shape index (κ3) is 3.56. The van der Waals surface area contributed by atoms with E-state index in [-0.39, 0.29) is 23.2 Å². The number of hydrogen-bond donors (Lipinski definition) is 1. The van der Waals surface area contributed by atoms with Gasteiger partial charge in [0.15, 0.2) is 17.3 Å². The molecule has 0 saturated carbocycles. The summed E-state index contributed by atoms with van der Waals surface area (Å²) in [5.41, 5.74) is 2.56. The van der Waals surface area contributed by atoms with Crippen molar-refractivity contribution in [3.8, 4) is 22.8 Å². The fraction of sp³-hybridized carbons (Fsp3) is 0.300. The number of halogens is 2. The van der Waals surface area contributed by atoms with E-state index in [4.69, 9.17) is 4.52 Å².